The molecule has 0 atom stereocenters. The van der Waals surface area contributed by atoms with Crippen LogP contribution in [-0.2, 0) is 19.5 Å². The third-order valence-corrected chi connectivity index (χ3v) is 1.46. The Morgan fingerprint density at radius 2 is 1.67 bits per heavy atom. The molecule has 0 bridgehead atoms. The Labute approximate surface area is 96.5 Å². The number of halogens is 2. The monoisotopic (exact) mass is 290 g/mol. The number of para-hydroxylation sites is 1. The fourth-order valence-corrected chi connectivity index (χ4v) is 0.995. The summed E-state index contributed by atoms with van der Waals surface area (Å²) in [6, 6.07) is 10.3. The quantitative estimate of drug-likeness (QED) is 0.635. The standard InChI is InChI=1S/C8H7N.2ClH.Ru/c1-2-4-8-7(3-1)5-6-9-8;;;/h1-6,9H;2*1H;/q;;;+3/p-1. The van der Waals surface area contributed by atoms with Crippen LogP contribution >= 0.6 is 12.4 Å². The van der Waals surface area contributed by atoms with E-state index in [1.807, 2.05) is 18.3 Å². The molecule has 4 heteroatoms. The maximum absolute atomic E-state index is 3.12. The fraction of sp³-hybridized carbons (Fsp3) is 0. The van der Waals surface area contributed by atoms with Gasteiger partial charge in [0.05, 0.1) is 0 Å². The number of hydrogen-bond acceptors (Lipinski definition) is 0. The zero-order valence-electron chi connectivity index (χ0n) is 6.10. The molecule has 0 fully saturated rings. The van der Waals surface area contributed by atoms with E-state index >= 15 is 0 Å². The molecule has 1 aromatic heterocycles. The van der Waals surface area contributed by atoms with Gasteiger partial charge in [0, 0.05) is 11.7 Å². The maximum Gasteiger partial charge on any atom is 3.00 e. The fourth-order valence-electron chi connectivity index (χ4n) is 0.995. The number of aromatic amines is 1. The van der Waals surface area contributed by atoms with Crippen molar-refractivity contribution in [3.05, 3.63) is 36.5 Å². The molecular weight excluding hydrogens is 282 g/mol. The Kier molecular flexibility index (Phi) is 7.82. The van der Waals surface area contributed by atoms with Crippen LogP contribution in [0, 0.1) is 0 Å². The summed E-state index contributed by atoms with van der Waals surface area (Å²) in [6.45, 7) is 0. The SMILES string of the molecule is Cl.[Cl-].[Ru+3].c1ccc2[nH]ccc2c1. The Bertz CT molecular complexity index is 291. The van der Waals surface area contributed by atoms with Crippen molar-refractivity contribution in [2.24, 2.45) is 0 Å². The number of hydrogen-bond donors (Lipinski definition) is 1. The summed E-state index contributed by atoms with van der Waals surface area (Å²) >= 11 is 0. The van der Waals surface area contributed by atoms with Gasteiger partial charge in [-0.05, 0) is 17.5 Å². The van der Waals surface area contributed by atoms with Gasteiger partial charge in [0.1, 0.15) is 0 Å². The van der Waals surface area contributed by atoms with Crippen molar-refractivity contribution in [1.29, 1.82) is 0 Å². The van der Waals surface area contributed by atoms with Gasteiger partial charge in [-0.3, -0.25) is 0 Å². The normalized spacial score (nSPS) is 7.67. The van der Waals surface area contributed by atoms with Crippen LogP contribution < -0.4 is 12.4 Å². The van der Waals surface area contributed by atoms with Crippen molar-refractivity contribution in [2.75, 3.05) is 0 Å². The van der Waals surface area contributed by atoms with Gasteiger partial charge < -0.3 is 17.4 Å². The predicted octanol–water partition coefficient (Wildman–Crippen LogP) is -0.409. The molecule has 0 saturated carbocycles. The molecule has 0 aliphatic carbocycles. The molecule has 2 rings (SSSR count). The second kappa shape index (κ2) is 6.48. The smallest absolute Gasteiger partial charge is 1.00 e. The summed E-state index contributed by atoms with van der Waals surface area (Å²) in [5.41, 5.74) is 1.21. The number of aromatic nitrogens is 1. The summed E-state index contributed by atoms with van der Waals surface area (Å²) in [7, 11) is 0. The minimum atomic E-state index is 0. The van der Waals surface area contributed by atoms with Gasteiger partial charge >= 0.3 is 19.5 Å². The third kappa shape index (κ3) is 2.78. The second-order valence-electron chi connectivity index (χ2n) is 2.06. The largest absolute Gasteiger partial charge is 3.00 e. The van der Waals surface area contributed by atoms with E-state index in [9.17, 15) is 0 Å². The molecule has 0 aliphatic heterocycles. The molecule has 65 valence electrons. The molecule has 1 heterocycles. The first-order valence-electron chi connectivity index (χ1n) is 2.99. The van der Waals surface area contributed by atoms with Crippen LogP contribution in [0.5, 0.6) is 0 Å². The Hall–Kier alpha value is -0.0366. The first kappa shape index (κ1) is 14.5. The minimum absolute atomic E-state index is 0. The molecular formula is C8H8Cl2NRu+2. The first-order valence-corrected chi connectivity index (χ1v) is 2.99. The van der Waals surface area contributed by atoms with Crippen molar-refractivity contribution < 1.29 is 31.9 Å². The summed E-state index contributed by atoms with van der Waals surface area (Å²) in [4.78, 5) is 3.12. The van der Waals surface area contributed by atoms with E-state index in [0.29, 0.717) is 0 Å². The Balaban J connectivity index is 0. The minimum Gasteiger partial charge on any atom is -1.00 e. The molecule has 0 saturated heterocycles. The molecule has 1 N–H and O–H groups in total. The van der Waals surface area contributed by atoms with E-state index in [1.54, 1.807) is 0 Å². The van der Waals surface area contributed by atoms with Crippen LogP contribution in [0.2, 0.25) is 0 Å². The van der Waals surface area contributed by atoms with Crippen LogP contribution in [0.25, 0.3) is 10.9 Å². The predicted molar refractivity (Wildman–Crippen MR) is 45.5 cm³/mol. The number of H-pyrrole nitrogens is 1. The van der Waals surface area contributed by atoms with Crippen LogP contribution in [0.1, 0.15) is 0 Å². The van der Waals surface area contributed by atoms with E-state index in [4.69, 9.17) is 0 Å². The number of rotatable bonds is 0. The second-order valence-corrected chi connectivity index (χ2v) is 2.06. The van der Waals surface area contributed by atoms with Crippen molar-refractivity contribution in [3.8, 4) is 0 Å². The first-order chi connectivity index (χ1) is 4.47. The van der Waals surface area contributed by atoms with Gasteiger partial charge in [-0.25, -0.2) is 0 Å². The van der Waals surface area contributed by atoms with E-state index in [-0.39, 0.29) is 44.3 Å². The van der Waals surface area contributed by atoms with Crippen LogP contribution in [-0.4, -0.2) is 4.98 Å². The van der Waals surface area contributed by atoms with Gasteiger partial charge in [-0.15, -0.1) is 12.4 Å². The topological polar surface area (TPSA) is 15.8 Å². The van der Waals surface area contributed by atoms with Gasteiger partial charge in [0.2, 0.25) is 0 Å². The summed E-state index contributed by atoms with van der Waals surface area (Å²) in [5.74, 6) is 0. The number of benzene rings is 1. The molecule has 1 nitrogen and oxygen atoms in total. The van der Waals surface area contributed by atoms with Crippen LogP contribution in [0.15, 0.2) is 36.5 Å². The Morgan fingerprint density at radius 3 is 2.33 bits per heavy atom. The molecule has 12 heavy (non-hydrogen) atoms. The average Bonchev–Trinajstić information content (AvgIpc) is 2.33. The molecule has 0 spiro atoms. The van der Waals surface area contributed by atoms with E-state index in [1.165, 1.54) is 10.9 Å². The number of nitrogens with one attached hydrogen (secondary N) is 1. The van der Waals surface area contributed by atoms with Crippen LogP contribution in [0.4, 0.5) is 0 Å². The summed E-state index contributed by atoms with van der Waals surface area (Å²) in [5, 5.41) is 1.28. The van der Waals surface area contributed by atoms with Gasteiger partial charge in [0.15, 0.2) is 0 Å². The molecule has 1 aromatic carbocycles. The average molecular weight is 290 g/mol. The van der Waals surface area contributed by atoms with Crippen molar-refractivity contribution >= 4 is 23.3 Å². The van der Waals surface area contributed by atoms with Gasteiger partial charge in [-0.1, -0.05) is 18.2 Å². The Morgan fingerprint density at radius 1 is 1.00 bits per heavy atom. The molecule has 0 amide bonds. The zero-order valence-corrected chi connectivity index (χ0v) is 9.41. The van der Waals surface area contributed by atoms with Crippen molar-refractivity contribution in [1.82, 2.24) is 4.98 Å². The van der Waals surface area contributed by atoms with Gasteiger partial charge in [0.25, 0.3) is 0 Å². The van der Waals surface area contributed by atoms with E-state index in [2.05, 4.69) is 23.2 Å². The molecule has 0 aliphatic rings. The van der Waals surface area contributed by atoms with E-state index < -0.39 is 0 Å². The molecule has 1 radical (unpaired) electrons. The van der Waals surface area contributed by atoms with Crippen LogP contribution in [0.3, 0.4) is 0 Å². The van der Waals surface area contributed by atoms with Crippen molar-refractivity contribution in [2.45, 2.75) is 0 Å². The van der Waals surface area contributed by atoms with E-state index in [0.717, 1.165) is 0 Å². The summed E-state index contributed by atoms with van der Waals surface area (Å²) in [6.07, 6.45) is 1.95. The molecule has 0 unspecified atom stereocenters. The number of fused-ring (bicyclic) bond motifs is 1. The third-order valence-electron chi connectivity index (χ3n) is 1.46. The zero-order chi connectivity index (χ0) is 6.10. The molecule has 2 aromatic rings. The van der Waals surface area contributed by atoms with Gasteiger partial charge in [-0.2, -0.15) is 0 Å². The van der Waals surface area contributed by atoms with Crippen molar-refractivity contribution in [3.63, 3.8) is 0 Å². The maximum atomic E-state index is 3.12. The summed E-state index contributed by atoms with van der Waals surface area (Å²) < 4.78 is 0.